The summed E-state index contributed by atoms with van der Waals surface area (Å²) in [6.07, 6.45) is 3.34. The molecule has 1 aromatic heterocycles. The lowest BCUT2D eigenvalue weighted by Gasteiger charge is -2.19. The van der Waals surface area contributed by atoms with Gasteiger partial charge < -0.3 is 9.84 Å². The SMILES string of the molecule is Cc1ccncc1C(O)C1Cc2ccccc2O1. The van der Waals surface area contributed by atoms with Crippen LogP contribution in [0.3, 0.4) is 0 Å². The van der Waals surface area contributed by atoms with Gasteiger partial charge in [0.25, 0.3) is 0 Å². The van der Waals surface area contributed by atoms with E-state index in [-0.39, 0.29) is 6.10 Å². The molecule has 2 unspecified atom stereocenters. The molecule has 2 heterocycles. The minimum Gasteiger partial charge on any atom is -0.487 e. The average molecular weight is 241 g/mol. The molecule has 2 atom stereocenters. The fourth-order valence-corrected chi connectivity index (χ4v) is 2.37. The first-order valence-corrected chi connectivity index (χ1v) is 6.09. The molecule has 92 valence electrons. The molecular formula is C15H15NO2. The number of rotatable bonds is 2. The lowest BCUT2D eigenvalue weighted by molar-refractivity contribution is 0.0485. The highest BCUT2D eigenvalue weighted by Gasteiger charge is 2.30. The summed E-state index contributed by atoms with van der Waals surface area (Å²) in [5.74, 6) is 0.878. The molecule has 3 heteroatoms. The van der Waals surface area contributed by atoms with Crippen LogP contribution in [0.1, 0.15) is 22.8 Å². The maximum absolute atomic E-state index is 10.4. The van der Waals surface area contributed by atoms with Crippen LogP contribution in [-0.4, -0.2) is 16.2 Å². The second-order valence-corrected chi connectivity index (χ2v) is 4.65. The molecule has 1 N–H and O–H groups in total. The topological polar surface area (TPSA) is 42.4 Å². The summed E-state index contributed by atoms with van der Waals surface area (Å²) in [6, 6.07) is 9.83. The second kappa shape index (κ2) is 4.42. The van der Waals surface area contributed by atoms with Crippen LogP contribution in [0.2, 0.25) is 0 Å². The van der Waals surface area contributed by atoms with Gasteiger partial charge in [-0.2, -0.15) is 0 Å². The smallest absolute Gasteiger partial charge is 0.133 e. The summed E-state index contributed by atoms with van der Waals surface area (Å²) in [4.78, 5) is 4.07. The lowest BCUT2D eigenvalue weighted by Crippen LogP contribution is -2.23. The van der Waals surface area contributed by atoms with Gasteiger partial charge in [-0.05, 0) is 30.2 Å². The van der Waals surface area contributed by atoms with Crippen molar-refractivity contribution in [2.45, 2.75) is 25.6 Å². The van der Waals surface area contributed by atoms with Crippen molar-refractivity contribution in [1.82, 2.24) is 4.98 Å². The molecular weight excluding hydrogens is 226 g/mol. The first-order valence-electron chi connectivity index (χ1n) is 6.09. The number of ether oxygens (including phenoxy) is 1. The molecule has 0 spiro atoms. The molecule has 3 nitrogen and oxygen atoms in total. The second-order valence-electron chi connectivity index (χ2n) is 4.65. The Labute approximate surface area is 106 Å². The molecule has 0 radical (unpaired) electrons. The summed E-state index contributed by atoms with van der Waals surface area (Å²) >= 11 is 0. The predicted octanol–water partition coefficient (Wildman–Crippen LogP) is 2.43. The molecule has 0 bridgehead atoms. The van der Waals surface area contributed by atoms with Crippen LogP contribution < -0.4 is 4.74 Å². The Balaban J connectivity index is 1.85. The maximum Gasteiger partial charge on any atom is 0.133 e. The summed E-state index contributed by atoms with van der Waals surface area (Å²) in [7, 11) is 0. The largest absolute Gasteiger partial charge is 0.487 e. The minimum absolute atomic E-state index is 0.217. The number of aliphatic hydroxyl groups excluding tert-OH is 1. The number of benzene rings is 1. The molecule has 18 heavy (non-hydrogen) atoms. The van der Waals surface area contributed by atoms with E-state index in [4.69, 9.17) is 4.74 Å². The first-order chi connectivity index (χ1) is 8.75. The highest BCUT2D eigenvalue weighted by Crippen LogP contribution is 2.34. The number of aryl methyl sites for hydroxylation is 1. The molecule has 0 saturated carbocycles. The summed E-state index contributed by atoms with van der Waals surface area (Å²) in [6.45, 7) is 1.97. The average Bonchev–Trinajstić information content (AvgIpc) is 2.82. The Morgan fingerprint density at radius 3 is 2.94 bits per heavy atom. The third kappa shape index (κ3) is 1.87. The molecule has 0 aliphatic carbocycles. The van der Waals surface area contributed by atoms with E-state index in [0.717, 1.165) is 28.9 Å². The predicted molar refractivity (Wildman–Crippen MR) is 68.5 cm³/mol. The number of aliphatic hydroxyl groups is 1. The standard InChI is InChI=1S/C15H15NO2/c1-10-6-7-16-9-12(10)15(17)14-8-11-4-2-3-5-13(11)18-14/h2-7,9,14-15,17H,8H2,1H3. The van der Waals surface area contributed by atoms with Crippen LogP contribution in [0.5, 0.6) is 5.75 Å². The molecule has 1 aliphatic rings. The number of para-hydroxylation sites is 1. The van der Waals surface area contributed by atoms with E-state index in [1.54, 1.807) is 12.4 Å². The van der Waals surface area contributed by atoms with E-state index in [9.17, 15) is 5.11 Å². The van der Waals surface area contributed by atoms with E-state index in [1.807, 2.05) is 37.3 Å². The van der Waals surface area contributed by atoms with Gasteiger partial charge >= 0.3 is 0 Å². The van der Waals surface area contributed by atoms with Crippen molar-refractivity contribution in [2.75, 3.05) is 0 Å². The van der Waals surface area contributed by atoms with Crippen molar-refractivity contribution in [2.24, 2.45) is 0 Å². The zero-order chi connectivity index (χ0) is 12.5. The lowest BCUT2D eigenvalue weighted by atomic mass is 9.98. The zero-order valence-corrected chi connectivity index (χ0v) is 10.2. The fourth-order valence-electron chi connectivity index (χ4n) is 2.37. The number of hydrogen-bond acceptors (Lipinski definition) is 3. The van der Waals surface area contributed by atoms with Gasteiger partial charge in [0.1, 0.15) is 18.0 Å². The Morgan fingerprint density at radius 1 is 1.33 bits per heavy atom. The quantitative estimate of drug-likeness (QED) is 0.878. The van der Waals surface area contributed by atoms with Crippen molar-refractivity contribution in [3.8, 4) is 5.75 Å². The van der Waals surface area contributed by atoms with Crippen molar-refractivity contribution < 1.29 is 9.84 Å². The van der Waals surface area contributed by atoms with Gasteiger partial charge in [0.05, 0.1) is 0 Å². The highest BCUT2D eigenvalue weighted by molar-refractivity contribution is 5.38. The van der Waals surface area contributed by atoms with Gasteiger partial charge in [-0.15, -0.1) is 0 Å². The van der Waals surface area contributed by atoms with Crippen LogP contribution in [0, 0.1) is 6.92 Å². The van der Waals surface area contributed by atoms with E-state index < -0.39 is 6.10 Å². The Hall–Kier alpha value is -1.87. The number of nitrogens with zero attached hydrogens (tertiary/aromatic N) is 1. The van der Waals surface area contributed by atoms with Gasteiger partial charge in [-0.3, -0.25) is 4.98 Å². The van der Waals surface area contributed by atoms with Crippen LogP contribution in [0.15, 0.2) is 42.7 Å². The van der Waals surface area contributed by atoms with Crippen LogP contribution in [-0.2, 0) is 6.42 Å². The van der Waals surface area contributed by atoms with E-state index in [1.165, 1.54) is 0 Å². The fraction of sp³-hybridized carbons (Fsp3) is 0.267. The maximum atomic E-state index is 10.4. The van der Waals surface area contributed by atoms with Gasteiger partial charge in [0.2, 0.25) is 0 Å². The minimum atomic E-state index is -0.633. The molecule has 3 rings (SSSR count). The van der Waals surface area contributed by atoms with Crippen molar-refractivity contribution in [3.05, 3.63) is 59.4 Å². The Morgan fingerprint density at radius 2 is 2.17 bits per heavy atom. The molecule has 0 fully saturated rings. The first kappa shape index (κ1) is 11.2. The molecule has 1 aliphatic heterocycles. The normalized spacial score (nSPS) is 19.1. The van der Waals surface area contributed by atoms with Crippen molar-refractivity contribution in [3.63, 3.8) is 0 Å². The van der Waals surface area contributed by atoms with Gasteiger partial charge in [-0.25, -0.2) is 0 Å². The molecule has 2 aromatic rings. The molecule has 0 amide bonds. The van der Waals surface area contributed by atoms with Crippen molar-refractivity contribution >= 4 is 0 Å². The number of aromatic nitrogens is 1. The summed E-state index contributed by atoms with van der Waals surface area (Å²) < 4.78 is 5.80. The molecule has 0 saturated heterocycles. The van der Waals surface area contributed by atoms with Crippen molar-refractivity contribution in [1.29, 1.82) is 0 Å². The number of pyridine rings is 1. The van der Waals surface area contributed by atoms with E-state index in [0.29, 0.717) is 0 Å². The number of fused-ring (bicyclic) bond motifs is 1. The monoisotopic (exact) mass is 241 g/mol. The van der Waals surface area contributed by atoms with E-state index >= 15 is 0 Å². The molecule has 1 aromatic carbocycles. The van der Waals surface area contributed by atoms with Gasteiger partial charge in [0, 0.05) is 24.4 Å². The zero-order valence-electron chi connectivity index (χ0n) is 10.2. The van der Waals surface area contributed by atoms with Gasteiger partial charge in [-0.1, -0.05) is 18.2 Å². The Bertz CT molecular complexity index is 543. The van der Waals surface area contributed by atoms with Crippen LogP contribution >= 0.6 is 0 Å². The third-order valence-electron chi connectivity index (χ3n) is 3.42. The van der Waals surface area contributed by atoms with E-state index in [2.05, 4.69) is 4.98 Å². The van der Waals surface area contributed by atoms with Crippen LogP contribution in [0.25, 0.3) is 0 Å². The Kier molecular flexibility index (Phi) is 2.76. The highest BCUT2D eigenvalue weighted by atomic mass is 16.5. The number of hydrogen-bond donors (Lipinski definition) is 1. The van der Waals surface area contributed by atoms with Gasteiger partial charge in [0.15, 0.2) is 0 Å². The van der Waals surface area contributed by atoms with Crippen LogP contribution in [0.4, 0.5) is 0 Å². The summed E-state index contributed by atoms with van der Waals surface area (Å²) in [5, 5.41) is 10.4. The third-order valence-corrected chi connectivity index (χ3v) is 3.42. The summed E-state index contributed by atoms with van der Waals surface area (Å²) in [5.41, 5.74) is 3.04.